The van der Waals surface area contributed by atoms with Crippen molar-refractivity contribution in [1.29, 1.82) is 0 Å². The highest BCUT2D eigenvalue weighted by atomic mass is 19.4. The molecule has 10 heteroatoms. The van der Waals surface area contributed by atoms with Crippen LogP contribution < -0.4 is 15.1 Å². The number of carbonyl (C=O) groups is 1. The summed E-state index contributed by atoms with van der Waals surface area (Å²) in [5.74, 6) is 0.963. The molecule has 1 N–H and O–H groups in total. The molecule has 1 aliphatic heterocycles. The van der Waals surface area contributed by atoms with Gasteiger partial charge in [-0.25, -0.2) is 4.98 Å². The number of aromatic nitrogens is 2. The molecule has 3 rings (SSSR count). The predicted octanol–water partition coefficient (Wildman–Crippen LogP) is 2.38. The number of piperazine rings is 1. The number of amides is 1. The number of nitrogens with one attached hydrogen (secondary N) is 1. The van der Waals surface area contributed by atoms with Gasteiger partial charge in [-0.3, -0.25) is 9.69 Å². The quantitative estimate of drug-likeness (QED) is 0.777. The number of hydrogen-bond acceptors (Lipinski definition) is 6. The van der Waals surface area contributed by atoms with E-state index in [0.717, 1.165) is 25.3 Å². The van der Waals surface area contributed by atoms with Crippen LogP contribution >= 0.6 is 0 Å². The van der Waals surface area contributed by atoms with E-state index in [2.05, 4.69) is 22.2 Å². The minimum atomic E-state index is -4.53. The summed E-state index contributed by atoms with van der Waals surface area (Å²) in [4.78, 5) is 25.7. The molecule has 0 radical (unpaired) electrons. The largest absolute Gasteiger partial charge is 0.433 e. The average molecular weight is 429 g/mol. The third kappa shape index (κ3) is 5.96. The summed E-state index contributed by atoms with van der Waals surface area (Å²) in [5, 5.41) is 3.13. The number of anilines is 2. The van der Waals surface area contributed by atoms with Gasteiger partial charge >= 0.3 is 6.18 Å². The van der Waals surface area contributed by atoms with Crippen LogP contribution in [-0.2, 0) is 11.0 Å². The van der Waals surface area contributed by atoms with E-state index in [-0.39, 0.29) is 23.7 Å². The first kappa shape index (κ1) is 22.6. The maximum absolute atomic E-state index is 13.2. The molecule has 0 bridgehead atoms. The lowest BCUT2D eigenvalue weighted by atomic mass is 9.87. The van der Waals surface area contributed by atoms with Gasteiger partial charge in [0.05, 0.1) is 6.54 Å². The van der Waals surface area contributed by atoms with E-state index in [1.165, 1.54) is 11.3 Å². The molecule has 1 saturated heterocycles. The van der Waals surface area contributed by atoms with Crippen LogP contribution in [-0.4, -0.2) is 73.6 Å². The van der Waals surface area contributed by atoms with Crippen molar-refractivity contribution in [3.05, 3.63) is 11.8 Å². The lowest BCUT2D eigenvalue weighted by molar-refractivity contribution is -0.141. The Balaban J connectivity index is 1.56. The minimum absolute atomic E-state index is 0.0211. The molecule has 1 aromatic rings. The van der Waals surface area contributed by atoms with Crippen molar-refractivity contribution < 1.29 is 18.0 Å². The summed E-state index contributed by atoms with van der Waals surface area (Å²) in [5.41, 5.74) is -0.945. The van der Waals surface area contributed by atoms with Crippen LogP contribution in [0.3, 0.4) is 0 Å². The molecule has 2 fully saturated rings. The fourth-order valence-corrected chi connectivity index (χ4v) is 4.09. The number of halogens is 3. The summed E-state index contributed by atoms with van der Waals surface area (Å²) >= 11 is 0. The second-order valence-corrected chi connectivity index (χ2v) is 8.60. The van der Waals surface area contributed by atoms with E-state index in [1.807, 2.05) is 4.90 Å². The molecule has 7 nitrogen and oxygen atoms in total. The predicted molar refractivity (Wildman–Crippen MR) is 110 cm³/mol. The Kier molecular flexibility index (Phi) is 7.05. The topological polar surface area (TPSA) is 64.6 Å². The Morgan fingerprint density at radius 3 is 2.50 bits per heavy atom. The molecule has 0 spiro atoms. The van der Waals surface area contributed by atoms with Crippen molar-refractivity contribution in [3.63, 3.8) is 0 Å². The van der Waals surface area contributed by atoms with Crippen LogP contribution in [0.5, 0.6) is 0 Å². The van der Waals surface area contributed by atoms with Gasteiger partial charge in [0.2, 0.25) is 11.9 Å². The third-order valence-corrected chi connectivity index (χ3v) is 5.77. The zero-order chi connectivity index (χ0) is 21.9. The number of hydrogen-bond donors (Lipinski definition) is 1. The molecule has 2 heterocycles. The molecular formula is C20H31F3N6O. The Labute approximate surface area is 175 Å². The van der Waals surface area contributed by atoms with Gasteiger partial charge < -0.3 is 15.1 Å². The van der Waals surface area contributed by atoms with Gasteiger partial charge in [-0.05, 0) is 18.8 Å². The van der Waals surface area contributed by atoms with Crippen LogP contribution in [0, 0.1) is 5.92 Å². The second kappa shape index (κ2) is 9.36. The van der Waals surface area contributed by atoms with Crippen molar-refractivity contribution in [1.82, 2.24) is 20.2 Å². The standard InChI is InChI=1S/C20H31F3N6O/c1-14-5-4-6-15(11-14)24-18(30)13-28-7-9-29(10-8-28)19-25-16(20(21,22)23)12-17(26-19)27(2)3/h12,14-15H,4-11,13H2,1-3H3,(H,24,30). The fourth-order valence-electron chi connectivity index (χ4n) is 4.09. The Hall–Kier alpha value is -2.10. The Morgan fingerprint density at radius 2 is 1.90 bits per heavy atom. The maximum Gasteiger partial charge on any atom is 0.433 e. The van der Waals surface area contributed by atoms with Gasteiger partial charge in [0, 0.05) is 52.4 Å². The van der Waals surface area contributed by atoms with E-state index in [9.17, 15) is 18.0 Å². The molecule has 168 valence electrons. The van der Waals surface area contributed by atoms with Crippen LogP contribution in [0.4, 0.5) is 24.9 Å². The Morgan fingerprint density at radius 1 is 1.20 bits per heavy atom. The van der Waals surface area contributed by atoms with Crippen LogP contribution in [0.1, 0.15) is 38.3 Å². The summed E-state index contributed by atoms with van der Waals surface area (Å²) in [7, 11) is 3.30. The molecule has 1 saturated carbocycles. The van der Waals surface area contributed by atoms with Gasteiger partial charge in [-0.2, -0.15) is 18.2 Å². The molecule has 2 aliphatic rings. The summed E-state index contributed by atoms with van der Waals surface area (Å²) in [6.07, 6.45) is -0.0945. The highest BCUT2D eigenvalue weighted by Gasteiger charge is 2.35. The van der Waals surface area contributed by atoms with Crippen LogP contribution in [0.2, 0.25) is 0 Å². The molecule has 1 amide bonds. The monoisotopic (exact) mass is 428 g/mol. The van der Waals surface area contributed by atoms with Gasteiger partial charge in [0.1, 0.15) is 5.82 Å². The molecule has 2 atom stereocenters. The first-order valence-corrected chi connectivity index (χ1v) is 10.5. The normalized spacial score (nSPS) is 23.3. The first-order valence-electron chi connectivity index (χ1n) is 10.5. The molecule has 1 aromatic heterocycles. The van der Waals surface area contributed by atoms with Gasteiger partial charge in [-0.1, -0.05) is 19.8 Å². The molecule has 30 heavy (non-hydrogen) atoms. The van der Waals surface area contributed by atoms with E-state index in [0.29, 0.717) is 38.6 Å². The van der Waals surface area contributed by atoms with Crippen molar-refractivity contribution in [2.75, 3.05) is 56.6 Å². The maximum atomic E-state index is 13.2. The number of rotatable bonds is 5. The van der Waals surface area contributed by atoms with Gasteiger partial charge in [-0.15, -0.1) is 0 Å². The molecule has 1 aliphatic carbocycles. The number of nitrogens with zero attached hydrogens (tertiary/aromatic N) is 5. The highest BCUT2D eigenvalue weighted by Crippen LogP contribution is 2.31. The van der Waals surface area contributed by atoms with Crippen molar-refractivity contribution in [2.24, 2.45) is 5.92 Å². The SMILES string of the molecule is CC1CCCC(NC(=O)CN2CCN(c3nc(N(C)C)cc(C(F)(F)F)n3)CC2)C1. The number of alkyl halides is 3. The van der Waals surface area contributed by atoms with E-state index >= 15 is 0 Å². The van der Waals surface area contributed by atoms with Gasteiger partial charge in [0.15, 0.2) is 5.69 Å². The minimum Gasteiger partial charge on any atom is -0.363 e. The highest BCUT2D eigenvalue weighted by molar-refractivity contribution is 5.78. The van der Waals surface area contributed by atoms with Crippen LogP contribution in [0.15, 0.2) is 6.07 Å². The lowest BCUT2D eigenvalue weighted by Gasteiger charge is -2.35. The van der Waals surface area contributed by atoms with E-state index in [1.54, 1.807) is 19.0 Å². The average Bonchev–Trinajstić information content (AvgIpc) is 2.67. The third-order valence-electron chi connectivity index (χ3n) is 5.77. The summed E-state index contributed by atoms with van der Waals surface area (Å²) in [6.45, 7) is 4.63. The number of carbonyl (C=O) groups excluding carboxylic acids is 1. The van der Waals surface area contributed by atoms with E-state index < -0.39 is 11.9 Å². The van der Waals surface area contributed by atoms with Gasteiger partial charge in [0.25, 0.3) is 0 Å². The summed E-state index contributed by atoms with van der Waals surface area (Å²) < 4.78 is 39.7. The van der Waals surface area contributed by atoms with Crippen molar-refractivity contribution in [2.45, 2.75) is 44.8 Å². The lowest BCUT2D eigenvalue weighted by Crippen LogP contribution is -2.51. The zero-order valence-electron chi connectivity index (χ0n) is 17.9. The zero-order valence-corrected chi connectivity index (χ0v) is 17.9. The molecular weight excluding hydrogens is 397 g/mol. The summed E-state index contributed by atoms with van der Waals surface area (Å²) in [6, 6.07) is 1.21. The second-order valence-electron chi connectivity index (χ2n) is 8.60. The van der Waals surface area contributed by atoms with E-state index in [4.69, 9.17) is 0 Å². The molecule has 2 unspecified atom stereocenters. The fraction of sp³-hybridized carbons (Fsp3) is 0.750. The first-order chi connectivity index (χ1) is 14.1. The molecule has 0 aromatic carbocycles. The van der Waals surface area contributed by atoms with Crippen molar-refractivity contribution >= 4 is 17.7 Å². The smallest absolute Gasteiger partial charge is 0.363 e. The van der Waals surface area contributed by atoms with Crippen molar-refractivity contribution in [3.8, 4) is 0 Å². The van der Waals surface area contributed by atoms with Crippen LogP contribution in [0.25, 0.3) is 0 Å². The Bertz CT molecular complexity index is 734.